The Morgan fingerprint density at radius 1 is 1.15 bits per heavy atom. The van der Waals surface area contributed by atoms with E-state index in [1.807, 2.05) is 26.0 Å². The second-order valence-electron chi connectivity index (χ2n) is 6.73. The molecule has 1 unspecified atom stereocenters. The molecule has 3 aromatic rings. The van der Waals surface area contributed by atoms with Gasteiger partial charge in [-0.1, -0.05) is 42.3 Å². The molecule has 6 heteroatoms. The van der Waals surface area contributed by atoms with E-state index < -0.39 is 6.04 Å². The Labute approximate surface area is 166 Å². The topological polar surface area (TPSA) is 50.5 Å². The normalized spacial score (nSPS) is 16.2. The average Bonchev–Trinajstić information content (AvgIpc) is 2.90. The molecule has 1 atom stereocenters. The summed E-state index contributed by atoms with van der Waals surface area (Å²) in [5.41, 5.74) is 2.06. The van der Waals surface area contributed by atoms with Crippen LogP contribution in [-0.2, 0) is 0 Å². The van der Waals surface area contributed by atoms with Crippen LogP contribution in [0.1, 0.15) is 46.6 Å². The maximum Gasteiger partial charge on any atom is 0.290 e. The van der Waals surface area contributed by atoms with Crippen LogP contribution in [0, 0.1) is 6.92 Å². The molecule has 27 heavy (non-hydrogen) atoms. The molecule has 0 saturated carbocycles. The van der Waals surface area contributed by atoms with Crippen LogP contribution in [-0.4, -0.2) is 17.4 Å². The van der Waals surface area contributed by atoms with Crippen molar-refractivity contribution in [2.24, 2.45) is 0 Å². The first-order valence-electron chi connectivity index (χ1n) is 8.75. The van der Waals surface area contributed by atoms with Crippen molar-refractivity contribution in [1.29, 1.82) is 0 Å². The minimum absolute atomic E-state index is 0.104. The molecule has 2 heterocycles. The van der Waals surface area contributed by atoms with Crippen LogP contribution < -0.4 is 5.43 Å². The molecule has 4 nitrogen and oxygen atoms in total. The molecule has 0 bridgehead atoms. The summed E-state index contributed by atoms with van der Waals surface area (Å²) in [7, 11) is 0. The Bertz CT molecular complexity index is 1140. The van der Waals surface area contributed by atoms with Crippen molar-refractivity contribution in [2.45, 2.75) is 26.3 Å². The van der Waals surface area contributed by atoms with Gasteiger partial charge < -0.3 is 9.32 Å². The first kappa shape index (κ1) is 18.1. The Kier molecular flexibility index (Phi) is 4.49. The number of carbonyl (C=O) groups is 1. The van der Waals surface area contributed by atoms with Crippen molar-refractivity contribution in [3.63, 3.8) is 0 Å². The van der Waals surface area contributed by atoms with Gasteiger partial charge in [0, 0.05) is 16.6 Å². The number of rotatable bonds is 3. The fourth-order valence-corrected chi connectivity index (χ4v) is 4.00. The van der Waals surface area contributed by atoms with E-state index >= 15 is 0 Å². The summed E-state index contributed by atoms with van der Waals surface area (Å²) in [5.74, 6) is -0.170. The van der Waals surface area contributed by atoms with Gasteiger partial charge in [0.2, 0.25) is 5.76 Å². The molecule has 0 fully saturated rings. The molecule has 0 radical (unpaired) electrons. The fraction of sp³-hybridized carbons (Fsp3) is 0.238. The van der Waals surface area contributed by atoms with Crippen LogP contribution in [0.2, 0.25) is 10.0 Å². The monoisotopic (exact) mass is 401 g/mol. The number of carbonyl (C=O) groups excluding carboxylic acids is 1. The molecule has 0 spiro atoms. The molecule has 4 rings (SSSR count). The molecular formula is C21H17Cl2NO3. The number of hydrogen-bond donors (Lipinski definition) is 0. The highest BCUT2D eigenvalue weighted by Crippen LogP contribution is 2.39. The summed E-state index contributed by atoms with van der Waals surface area (Å²) in [4.78, 5) is 28.0. The largest absolute Gasteiger partial charge is 0.450 e. The zero-order valence-electron chi connectivity index (χ0n) is 14.9. The third-order valence-electron chi connectivity index (χ3n) is 4.88. The molecule has 1 amide bonds. The van der Waals surface area contributed by atoms with Crippen LogP contribution >= 0.6 is 23.2 Å². The summed E-state index contributed by atoms with van der Waals surface area (Å²) in [6.45, 7) is 4.32. The van der Waals surface area contributed by atoms with Gasteiger partial charge in [-0.2, -0.15) is 0 Å². The van der Waals surface area contributed by atoms with Crippen LogP contribution in [0.15, 0.2) is 45.6 Å². The van der Waals surface area contributed by atoms with Crippen molar-refractivity contribution < 1.29 is 9.21 Å². The smallest absolute Gasteiger partial charge is 0.290 e. The molecule has 1 aromatic heterocycles. The number of benzene rings is 2. The standard InChI is InChI=1S/C21H17Cl2NO3/c1-3-7-24-18(12-5-4-6-13(22)9-12)17-19(25)14-10-15(23)11(2)8-16(14)27-20(17)21(24)26/h4-6,8-10,18H,3,7H2,1-2H3. The van der Waals surface area contributed by atoms with Crippen LogP contribution in [0.5, 0.6) is 0 Å². The number of aryl methyl sites for hydroxylation is 1. The highest BCUT2D eigenvalue weighted by atomic mass is 35.5. The molecule has 1 aliphatic heterocycles. The van der Waals surface area contributed by atoms with Crippen molar-refractivity contribution in [3.8, 4) is 0 Å². The molecule has 0 aliphatic carbocycles. The van der Waals surface area contributed by atoms with Crippen LogP contribution in [0.25, 0.3) is 11.0 Å². The number of halogens is 2. The zero-order chi connectivity index (χ0) is 19.3. The molecule has 0 N–H and O–H groups in total. The molecular weight excluding hydrogens is 385 g/mol. The van der Waals surface area contributed by atoms with E-state index in [1.165, 1.54) is 0 Å². The Morgan fingerprint density at radius 2 is 1.93 bits per heavy atom. The van der Waals surface area contributed by atoms with Crippen molar-refractivity contribution >= 4 is 40.1 Å². The third-order valence-corrected chi connectivity index (χ3v) is 5.52. The summed E-state index contributed by atoms with van der Waals surface area (Å²) >= 11 is 12.4. The van der Waals surface area contributed by atoms with Gasteiger partial charge in [0.15, 0.2) is 5.43 Å². The van der Waals surface area contributed by atoms with Gasteiger partial charge in [-0.3, -0.25) is 9.59 Å². The molecule has 0 saturated heterocycles. The van der Waals surface area contributed by atoms with Gasteiger partial charge in [0.1, 0.15) is 5.58 Å². The van der Waals surface area contributed by atoms with E-state index in [1.54, 1.807) is 29.2 Å². The predicted molar refractivity (Wildman–Crippen MR) is 107 cm³/mol. The molecule has 138 valence electrons. The summed E-state index contributed by atoms with van der Waals surface area (Å²) in [5, 5.41) is 1.42. The van der Waals surface area contributed by atoms with E-state index in [0.29, 0.717) is 33.1 Å². The van der Waals surface area contributed by atoms with Gasteiger partial charge in [-0.15, -0.1) is 0 Å². The van der Waals surface area contributed by atoms with Gasteiger partial charge in [0.25, 0.3) is 5.91 Å². The SMILES string of the molecule is CCCN1C(=O)c2oc3cc(C)c(Cl)cc3c(=O)c2C1c1cccc(Cl)c1. The van der Waals surface area contributed by atoms with E-state index in [9.17, 15) is 9.59 Å². The van der Waals surface area contributed by atoms with Gasteiger partial charge in [-0.05, 0) is 48.7 Å². The van der Waals surface area contributed by atoms with Gasteiger partial charge >= 0.3 is 0 Å². The Hall–Kier alpha value is -2.30. The van der Waals surface area contributed by atoms with E-state index in [-0.39, 0.29) is 17.1 Å². The quantitative estimate of drug-likeness (QED) is 0.592. The van der Waals surface area contributed by atoms with Gasteiger partial charge in [0.05, 0.1) is 17.0 Å². The number of hydrogen-bond acceptors (Lipinski definition) is 3. The maximum absolute atomic E-state index is 13.3. The third kappa shape index (κ3) is 2.84. The Morgan fingerprint density at radius 3 is 2.63 bits per heavy atom. The second-order valence-corrected chi connectivity index (χ2v) is 7.57. The minimum Gasteiger partial charge on any atom is -0.450 e. The summed E-state index contributed by atoms with van der Waals surface area (Å²) in [6, 6.07) is 10.0. The van der Waals surface area contributed by atoms with E-state index in [4.69, 9.17) is 27.6 Å². The van der Waals surface area contributed by atoms with Crippen LogP contribution in [0.4, 0.5) is 0 Å². The second kappa shape index (κ2) is 6.70. The highest BCUT2D eigenvalue weighted by molar-refractivity contribution is 6.32. The maximum atomic E-state index is 13.3. The van der Waals surface area contributed by atoms with Crippen LogP contribution in [0.3, 0.4) is 0 Å². The van der Waals surface area contributed by atoms with E-state index in [2.05, 4.69) is 0 Å². The van der Waals surface area contributed by atoms with E-state index in [0.717, 1.165) is 17.5 Å². The predicted octanol–water partition coefficient (Wildman–Crippen LogP) is 5.36. The average molecular weight is 402 g/mol. The first-order valence-corrected chi connectivity index (χ1v) is 9.51. The lowest BCUT2D eigenvalue weighted by Gasteiger charge is -2.24. The van der Waals surface area contributed by atoms with Crippen molar-refractivity contribution in [3.05, 3.63) is 79.1 Å². The zero-order valence-corrected chi connectivity index (χ0v) is 16.4. The van der Waals surface area contributed by atoms with Gasteiger partial charge in [-0.25, -0.2) is 0 Å². The number of fused-ring (bicyclic) bond motifs is 2. The number of amides is 1. The fourth-order valence-electron chi connectivity index (χ4n) is 3.64. The van der Waals surface area contributed by atoms with Crippen molar-refractivity contribution in [2.75, 3.05) is 6.54 Å². The lowest BCUT2D eigenvalue weighted by atomic mass is 9.98. The molecule has 1 aliphatic rings. The lowest BCUT2D eigenvalue weighted by molar-refractivity contribution is 0.0728. The molecule has 2 aromatic carbocycles. The van der Waals surface area contributed by atoms with Crippen molar-refractivity contribution in [1.82, 2.24) is 4.90 Å². The highest BCUT2D eigenvalue weighted by Gasteiger charge is 2.42. The lowest BCUT2D eigenvalue weighted by Crippen LogP contribution is -2.30. The minimum atomic E-state index is -0.521. The number of nitrogens with zero attached hydrogens (tertiary/aromatic N) is 1. The Balaban J connectivity index is 2.04. The summed E-state index contributed by atoms with van der Waals surface area (Å²) < 4.78 is 5.91. The first-order chi connectivity index (χ1) is 12.9. The summed E-state index contributed by atoms with van der Waals surface area (Å²) in [6.07, 6.45) is 0.759.